The van der Waals surface area contributed by atoms with Gasteiger partial charge in [0.05, 0.1) is 17.8 Å². The normalized spacial score (nSPS) is 14.7. The fourth-order valence-electron chi connectivity index (χ4n) is 2.73. The summed E-state index contributed by atoms with van der Waals surface area (Å²) in [6.07, 6.45) is 1.97. The van der Waals surface area contributed by atoms with Crippen molar-refractivity contribution >= 4 is 35.8 Å². The molecule has 1 saturated heterocycles. The molecular formula is C16H24ClN3O4S. The van der Waals surface area contributed by atoms with Crippen molar-refractivity contribution in [3.8, 4) is 5.75 Å². The monoisotopic (exact) mass is 389 g/mol. The van der Waals surface area contributed by atoms with Crippen LogP contribution < -0.4 is 10.1 Å². The number of nitrogens with one attached hydrogen (secondary N) is 1. The molecule has 1 fully saturated rings. The highest BCUT2D eigenvalue weighted by Gasteiger charge is 2.21. The zero-order chi connectivity index (χ0) is 17.5. The van der Waals surface area contributed by atoms with Crippen LogP contribution in [0.4, 0.5) is 5.69 Å². The Kier molecular flexibility index (Phi) is 9.02. The van der Waals surface area contributed by atoms with E-state index in [9.17, 15) is 14.9 Å². The zero-order valence-electron chi connectivity index (χ0n) is 14.4. The number of hydrogen-bond donors (Lipinski definition) is 1. The summed E-state index contributed by atoms with van der Waals surface area (Å²) >= 11 is 1.48. The second-order valence-electron chi connectivity index (χ2n) is 5.70. The van der Waals surface area contributed by atoms with Gasteiger partial charge < -0.3 is 15.0 Å². The van der Waals surface area contributed by atoms with E-state index in [1.54, 1.807) is 12.1 Å². The molecule has 7 nitrogen and oxygen atoms in total. The minimum Gasteiger partial charge on any atom is -0.490 e. The third-order valence-corrected chi connectivity index (χ3v) is 5.18. The van der Waals surface area contributed by atoms with E-state index in [1.807, 2.05) is 11.9 Å². The Morgan fingerprint density at radius 3 is 2.68 bits per heavy atom. The Morgan fingerprint density at radius 2 is 2.12 bits per heavy atom. The van der Waals surface area contributed by atoms with Crippen LogP contribution in [-0.2, 0) is 10.5 Å². The largest absolute Gasteiger partial charge is 0.490 e. The quantitative estimate of drug-likeness (QED) is 0.569. The molecule has 1 N–H and O–H groups in total. The molecule has 9 heteroatoms. The van der Waals surface area contributed by atoms with Gasteiger partial charge in [-0.3, -0.25) is 14.9 Å². The summed E-state index contributed by atoms with van der Waals surface area (Å²) in [5.41, 5.74) is 0.769. The van der Waals surface area contributed by atoms with Gasteiger partial charge in [0.2, 0.25) is 5.91 Å². The SMILES string of the molecule is CNC1CCN(C(=O)CSCc2ccc(OC)c([N+](=O)[O-])c2)CC1.Cl. The molecule has 0 atom stereocenters. The van der Waals surface area contributed by atoms with E-state index in [-0.39, 0.29) is 29.8 Å². The second kappa shape index (κ2) is 10.5. The summed E-state index contributed by atoms with van der Waals surface area (Å²) < 4.78 is 4.99. The maximum Gasteiger partial charge on any atom is 0.311 e. The number of hydrogen-bond acceptors (Lipinski definition) is 6. The van der Waals surface area contributed by atoms with Crippen LogP contribution in [0.3, 0.4) is 0 Å². The van der Waals surface area contributed by atoms with Crippen molar-refractivity contribution in [2.24, 2.45) is 0 Å². The lowest BCUT2D eigenvalue weighted by Crippen LogP contribution is -2.44. The molecule has 0 unspecified atom stereocenters. The molecule has 0 radical (unpaired) electrons. The maximum absolute atomic E-state index is 12.2. The minimum absolute atomic E-state index is 0. The summed E-state index contributed by atoms with van der Waals surface area (Å²) in [5.74, 6) is 1.34. The summed E-state index contributed by atoms with van der Waals surface area (Å²) in [4.78, 5) is 24.7. The minimum atomic E-state index is -0.454. The first kappa shape index (κ1) is 21.5. The van der Waals surface area contributed by atoms with Crippen LogP contribution in [0.1, 0.15) is 18.4 Å². The zero-order valence-corrected chi connectivity index (χ0v) is 16.0. The molecule has 0 aromatic heterocycles. The van der Waals surface area contributed by atoms with Crippen LogP contribution in [0.15, 0.2) is 18.2 Å². The standard InChI is InChI=1S/C16H23N3O4S.ClH/c1-17-13-5-7-18(8-6-13)16(20)11-24-10-12-3-4-15(23-2)14(9-12)19(21)22;/h3-4,9,13,17H,5-8,10-11H2,1-2H3;1H. The number of halogens is 1. The van der Waals surface area contributed by atoms with Gasteiger partial charge in [-0.1, -0.05) is 6.07 Å². The predicted molar refractivity (Wildman–Crippen MR) is 102 cm³/mol. The van der Waals surface area contributed by atoms with Crippen LogP contribution >= 0.6 is 24.2 Å². The lowest BCUT2D eigenvalue weighted by atomic mass is 10.1. The van der Waals surface area contributed by atoms with Gasteiger partial charge in [-0.15, -0.1) is 24.2 Å². The molecule has 0 saturated carbocycles. The van der Waals surface area contributed by atoms with Crippen molar-refractivity contribution < 1.29 is 14.5 Å². The second-order valence-corrected chi connectivity index (χ2v) is 6.69. The van der Waals surface area contributed by atoms with Gasteiger partial charge in [0.25, 0.3) is 0 Å². The Balaban J connectivity index is 0.00000312. The number of carbonyl (C=O) groups is 1. The molecule has 140 valence electrons. The van der Waals surface area contributed by atoms with E-state index < -0.39 is 4.92 Å². The van der Waals surface area contributed by atoms with Gasteiger partial charge in [0.1, 0.15) is 0 Å². The van der Waals surface area contributed by atoms with Crippen LogP contribution in [0.5, 0.6) is 5.75 Å². The predicted octanol–water partition coefficient (Wildman–Crippen LogP) is 2.47. The van der Waals surface area contributed by atoms with Crippen LogP contribution in [0.2, 0.25) is 0 Å². The fraction of sp³-hybridized carbons (Fsp3) is 0.562. The van der Waals surface area contributed by atoms with E-state index in [1.165, 1.54) is 24.9 Å². The van der Waals surface area contributed by atoms with E-state index in [0.717, 1.165) is 31.5 Å². The van der Waals surface area contributed by atoms with E-state index >= 15 is 0 Å². The molecule has 2 rings (SSSR count). The van der Waals surface area contributed by atoms with Crippen molar-refractivity contribution in [1.82, 2.24) is 10.2 Å². The first-order valence-corrected chi connectivity index (χ1v) is 9.04. The highest BCUT2D eigenvalue weighted by atomic mass is 35.5. The summed E-state index contributed by atoms with van der Waals surface area (Å²) in [6, 6.07) is 5.40. The number of nitrogens with zero attached hydrogens (tertiary/aromatic N) is 2. The Bertz CT molecular complexity index is 595. The van der Waals surface area contributed by atoms with E-state index in [4.69, 9.17) is 4.74 Å². The molecular weight excluding hydrogens is 366 g/mol. The number of rotatable bonds is 7. The number of benzene rings is 1. The van der Waals surface area contributed by atoms with Gasteiger partial charge in [0, 0.05) is 31.0 Å². The molecule has 25 heavy (non-hydrogen) atoms. The Hall–Kier alpha value is -1.51. The van der Waals surface area contributed by atoms with Crippen molar-refractivity contribution in [3.05, 3.63) is 33.9 Å². The number of nitro groups is 1. The van der Waals surface area contributed by atoms with Crippen LogP contribution in [0, 0.1) is 10.1 Å². The fourth-order valence-corrected chi connectivity index (χ4v) is 3.61. The number of likely N-dealkylation sites (tertiary alicyclic amines) is 1. The third kappa shape index (κ3) is 6.05. The van der Waals surface area contributed by atoms with Crippen molar-refractivity contribution in [3.63, 3.8) is 0 Å². The number of carbonyl (C=O) groups excluding carboxylic acids is 1. The molecule has 1 aromatic rings. The maximum atomic E-state index is 12.2. The molecule has 0 aliphatic carbocycles. The molecule has 1 heterocycles. The topological polar surface area (TPSA) is 84.7 Å². The van der Waals surface area contributed by atoms with Gasteiger partial charge in [0.15, 0.2) is 5.75 Å². The molecule has 0 bridgehead atoms. The molecule has 1 amide bonds. The number of nitro benzene ring substituents is 1. The van der Waals surface area contributed by atoms with Crippen molar-refractivity contribution in [2.45, 2.75) is 24.6 Å². The Labute approximate surface area is 158 Å². The molecule has 1 aliphatic rings. The number of amides is 1. The highest BCUT2D eigenvalue weighted by Crippen LogP contribution is 2.29. The summed E-state index contributed by atoms with van der Waals surface area (Å²) in [5, 5.41) is 14.3. The molecule has 0 spiro atoms. The van der Waals surface area contributed by atoms with Crippen molar-refractivity contribution in [2.75, 3.05) is 33.0 Å². The smallest absolute Gasteiger partial charge is 0.311 e. The first-order chi connectivity index (χ1) is 11.5. The van der Waals surface area contributed by atoms with Gasteiger partial charge in [-0.2, -0.15) is 0 Å². The lowest BCUT2D eigenvalue weighted by Gasteiger charge is -2.31. The van der Waals surface area contributed by atoms with E-state index in [2.05, 4.69) is 5.32 Å². The van der Waals surface area contributed by atoms with Gasteiger partial charge >= 0.3 is 5.69 Å². The average Bonchev–Trinajstić information content (AvgIpc) is 2.61. The molecule has 1 aliphatic heterocycles. The highest BCUT2D eigenvalue weighted by molar-refractivity contribution is 7.99. The first-order valence-electron chi connectivity index (χ1n) is 7.89. The molecule has 1 aromatic carbocycles. The number of thioether (sulfide) groups is 1. The Morgan fingerprint density at radius 1 is 1.44 bits per heavy atom. The number of methoxy groups -OCH3 is 1. The number of piperidine rings is 1. The van der Waals surface area contributed by atoms with E-state index in [0.29, 0.717) is 17.5 Å². The average molecular weight is 390 g/mol. The summed E-state index contributed by atoms with van der Waals surface area (Å²) in [7, 11) is 3.36. The van der Waals surface area contributed by atoms with Crippen LogP contribution in [0.25, 0.3) is 0 Å². The van der Waals surface area contributed by atoms with Crippen molar-refractivity contribution in [1.29, 1.82) is 0 Å². The van der Waals surface area contributed by atoms with Gasteiger partial charge in [-0.05, 0) is 31.5 Å². The lowest BCUT2D eigenvalue weighted by molar-refractivity contribution is -0.385. The van der Waals surface area contributed by atoms with Gasteiger partial charge in [-0.25, -0.2) is 0 Å². The summed E-state index contributed by atoms with van der Waals surface area (Å²) in [6.45, 7) is 1.58. The number of ether oxygens (including phenoxy) is 1. The van der Waals surface area contributed by atoms with Crippen LogP contribution in [-0.4, -0.2) is 54.8 Å². The third-order valence-electron chi connectivity index (χ3n) is 4.19.